The highest BCUT2D eigenvalue weighted by molar-refractivity contribution is 14.0. The van der Waals surface area contributed by atoms with Crippen LogP contribution in [0.4, 0.5) is 5.69 Å². The summed E-state index contributed by atoms with van der Waals surface area (Å²) < 4.78 is 10.3. The van der Waals surface area contributed by atoms with E-state index in [1.807, 2.05) is 42.5 Å². The number of halogens is 1. The summed E-state index contributed by atoms with van der Waals surface area (Å²) in [5, 5.41) is 3.05. The zero-order chi connectivity index (χ0) is 15.8. The fraction of sp³-hybridized carbons (Fsp3) is 0.235. The maximum absolute atomic E-state index is 5.92. The molecule has 5 nitrogen and oxygen atoms in total. The van der Waals surface area contributed by atoms with E-state index in [9.17, 15) is 0 Å². The van der Waals surface area contributed by atoms with Crippen molar-refractivity contribution in [3.05, 3.63) is 59.7 Å². The number of guanidine groups is 1. The van der Waals surface area contributed by atoms with Gasteiger partial charge in [-0.15, -0.1) is 24.0 Å². The van der Waals surface area contributed by atoms with Crippen molar-refractivity contribution < 1.29 is 9.47 Å². The molecule has 0 bridgehead atoms. The molecule has 0 aromatic heterocycles. The Morgan fingerprint density at radius 2 is 1.83 bits per heavy atom. The van der Waals surface area contributed by atoms with Crippen molar-refractivity contribution >= 4 is 35.6 Å². The average molecular weight is 427 g/mol. The third-order valence-corrected chi connectivity index (χ3v) is 3.08. The monoisotopic (exact) mass is 427 g/mol. The first-order chi connectivity index (χ1) is 10.7. The maximum atomic E-state index is 5.92. The summed E-state index contributed by atoms with van der Waals surface area (Å²) in [5.41, 5.74) is 8.96. The van der Waals surface area contributed by atoms with Gasteiger partial charge >= 0.3 is 0 Å². The molecule has 0 aliphatic rings. The van der Waals surface area contributed by atoms with Gasteiger partial charge < -0.3 is 20.5 Å². The Morgan fingerprint density at radius 1 is 1.09 bits per heavy atom. The van der Waals surface area contributed by atoms with E-state index in [4.69, 9.17) is 15.2 Å². The Labute approximate surface area is 153 Å². The van der Waals surface area contributed by atoms with Crippen molar-refractivity contribution in [1.29, 1.82) is 0 Å². The molecule has 3 N–H and O–H groups in total. The topological polar surface area (TPSA) is 68.9 Å². The number of anilines is 1. The molecular weight excluding hydrogens is 405 g/mol. The highest BCUT2D eigenvalue weighted by atomic mass is 127. The second-order valence-electron chi connectivity index (χ2n) is 4.81. The number of methoxy groups -OCH3 is 2. The molecule has 23 heavy (non-hydrogen) atoms. The quantitative estimate of drug-likeness (QED) is 0.422. The Morgan fingerprint density at radius 3 is 2.57 bits per heavy atom. The van der Waals surface area contributed by atoms with Crippen LogP contribution in [0.1, 0.15) is 11.1 Å². The highest BCUT2D eigenvalue weighted by Crippen LogP contribution is 2.16. The zero-order valence-electron chi connectivity index (χ0n) is 13.3. The minimum atomic E-state index is 0. The summed E-state index contributed by atoms with van der Waals surface area (Å²) >= 11 is 0. The number of rotatable bonds is 6. The molecule has 0 amide bonds. The maximum Gasteiger partial charge on any atom is 0.193 e. The zero-order valence-corrected chi connectivity index (χ0v) is 15.6. The molecule has 0 radical (unpaired) electrons. The normalized spacial score (nSPS) is 10.8. The van der Waals surface area contributed by atoms with E-state index < -0.39 is 0 Å². The number of hydrogen-bond donors (Lipinski definition) is 2. The van der Waals surface area contributed by atoms with Gasteiger partial charge in [0.15, 0.2) is 5.96 Å². The summed E-state index contributed by atoms with van der Waals surface area (Å²) in [5.74, 6) is 1.13. The molecule has 0 atom stereocenters. The van der Waals surface area contributed by atoms with Gasteiger partial charge in [0.2, 0.25) is 0 Å². The van der Waals surface area contributed by atoms with Gasteiger partial charge in [-0.05, 0) is 23.3 Å². The fourth-order valence-electron chi connectivity index (χ4n) is 2.05. The third kappa shape index (κ3) is 6.45. The van der Waals surface area contributed by atoms with Gasteiger partial charge in [-0.3, -0.25) is 0 Å². The number of aliphatic imine (C=N–C) groups is 1. The Kier molecular flexibility index (Phi) is 8.42. The lowest BCUT2D eigenvalue weighted by molar-refractivity contribution is 0.185. The van der Waals surface area contributed by atoms with E-state index in [-0.39, 0.29) is 24.0 Å². The van der Waals surface area contributed by atoms with Crippen LogP contribution >= 0.6 is 24.0 Å². The second kappa shape index (κ2) is 10.1. The van der Waals surface area contributed by atoms with Gasteiger partial charge in [0.25, 0.3) is 0 Å². The van der Waals surface area contributed by atoms with Gasteiger partial charge in [0.05, 0.1) is 20.3 Å². The molecule has 0 aliphatic carbocycles. The molecule has 0 saturated heterocycles. The number of nitrogens with one attached hydrogen (secondary N) is 1. The molecule has 0 aliphatic heterocycles. The molecule has 124 valence electrons. The minimum absolute atomic E-state index is 0. The summed E-state index contributed by atoms with van der Waals surface area (Å²) in [6.45, 7) is 1.11. The first-order valence-electron chi connectivity index (χ1n) is 6.99. The molecule has 6 heteroatoms. The van der Waals surface area contributed by atoms with E-state index in [1.165, 1.54) is 0 Å². The molecule has 0 fully saturated rings. The van der Waals surface area contributed by atoms with Crippen LogP contribution in [0.2, 0.25) is 0 Å². The predicted molar refractivity (Wildman–Crippen MR) is 105 cm³/mol. The van der Waals surface area contributed by atoms with Gasteiger partial charge in [-0.25, -0.2) is 4.99 Å². The van der Waals surface area contributed by atoms with E-state index in [0.29, 0.717) is 19.1 Å². The Balaban J connectivity index is 0.00000264. The number of hydrogen-bond acceptors (Lipinski definition) is 3. The van der Waals surface area contributed by atoms with E-state index >= 15 is 0 Å². The van der Waals surface area contributed by atoms with Crippen molar-refractivity contribution in [2.24, 2.45) is 10.7 Å². The summed E-state index contributed by atoms with van der Waals surface area (Å²) in [7, 11) is 3.31. The average Bonchev–Trinajstić information content (AvgIpc) is 2.54. The lowest BCUT2D eigenvalue weighted by atomic mass is 10.1. The summed E-state index contributed by atoms with van der Waals surface area (Å²) in [4.78, 5) is 4.35. The van der Waals surface area contributed by atoms with Crippen molar-refractivity contribution in [1.82, 2.24) is 0 Å². The van der Waals surface area contributed by atoms with Crippen molar-refractivity contribution in [3.63, 3.8) is 0 Å². The molecule has 2 aromatic rings. The van der Waals surface area contributed by atoms with Crippen molar-refractivity contribution in [2.75, 3.05) is 19.5 Å². The number of nitrogens with two attached hydrogens (primary N) is 1. The largest absolute Gasteiger partial charge is 0.497 e. The standard InChI is InChI=1S/C17H21N3O2.HI/c1-21-12-14-6-3-5-13(9-14)11-19-17(18)20-15-7-4-8-16(10-15)22-2;/h3-10H,11-12H2,1-2H3,(H3,18,19,20);1H. The van der Waals surface area contributed by atoms with Crippen LogP contribution in [0.5, 0.6) is 5.75 Å². The van der Waals surface area contributed by atoms with Crippen LogP contribution in [0.15, 0.2) is 53.5 Å². The van der Waals surface area contributed by atoms with Gasteiger partial charge in [0, 0.05) is 18.9 Å². The Hall–Kier alpha value is -1.80. The van der Waals surface area contributed by atoms with Crippen LogP contribution in [-0.2, 0) is 17.9 Å². The second-order valence-corrected chi connectivity index (χ2v) is 4.81. The number of nitrogens with zero attached hydrogens (tertiary/aromatic N) is 1. The number of ether oxygens (including phenoxy) is 2. The van der Waals surface area contributed by atoms with Crippen molar-refractivity contribution in [3.8, 4) is 5.75 Å². The summed E-state index contributed by atoms with van der Waals surface area (Å²) in [6, 6.07) is 15.6. The summed E-state index contributed by atoms with van der Waals surface area (Å²) in [6.07, 6.45) is 0. The first-order valence-corrected chi connectivity index (χ1v) is 6.99. The van der Waals surface area contributed by atoms with Crippen LogP contribution in [-0.4, -0.2) is 20.2 Å². The SMILES string of the molecule is COCc1cccc(CN=C(N)Nc2cccc(OC)c2)c1.I. The van der Waals surface area contributed by atoms with Gasteiger partial charge in [-0.1, -0.05) is 30.3 Å². The van der Waals surface area contributed by atoms with Crippen LogP contribution in [0, 0.1) is 0 Å². The lowest BCUT2D eigenvalue weighted by Gasteiger charge is -2.08. The Bertz CT molecular complexity index is 647. The van der Waals surface area contributed by atoms with Crippen LogP contribution in [0.3, 0.4) is 0 Å². The molecule has 2 aromatic carbocycles. The molecular formula is C17H22IN3O2. The van der Waals surface area contributed by atoms with Crippen molar-refractivity contribution in [2.45, 2.75) is 13.2 Å². The third-order valence-electron chi connectivity index (χ3n) is 3.08. The predicted octanol–water partition coefficient (Wildman–Crippen LogP) is 3.39. The first kappa shape index (κ1) is 19.2. The van der Waals surface area contributed by atoms with Gasteiger partial charge in [-0.2, -0.15) is 0 Å². The van der Waals surface area contributed by atoms with Gasteiger partial charge in [0.1, 0.15) is 5.75 Å². The molecule has 2 rings (SSSR count). The van der Waals surface area contributed by atoms with Crippen LogP contribution < -0.4 is 15.8 Å². The minimum Gasteiger partial charge on any atom is -0.497 e. The van der Waals surface area contributed by atoms with E-state index in [0.717, 1.165) is 22.6 Å². The molecule has 0 heterocycles. The smallest absolute Gasteiger partial charge is 0.193 e. The van der Waals surface area contributed by atoms with Crippen LogP contribution in [0.25, 0.3) is 0 Å². The van der Waals surface area contributed by atoms with E-state index in [2.05, 4.69) is 16.4 Å². The highest BCUT2D eigenvalue weighted by Gasteiger charge is 1.99. The molecule has 0 saturated carbocycles. The number of benzene rings is 2. The lowest BCUT2D eigenvalue weighted by Crippen LogP contribution is -2.22. The fourth-order valence-corrected chi connectivity index (χ4v) is 2.05. The molecule has 0 spiro atoms. The van der Waals surface area contributed by atoms with E-state index in [1.54, 1.807) is 14.2 Å². The molecule has 0 unspecified atom stereocenters.